The normalized spacial score (nSPS) is 26.3. The number of nitro groups is 1. The molecule has 2 fully saturated rings. The third-order valence-electron chi connectivity index (χ3n) is 4.61. The van der Waals surface area contributed by atoms with Crippen LogP contribution in [0.5, 0.6) is 0 Å². The maximum Gasteiger partial charge on any atom is 0.283 e. The molecular formula is C15H20BrN3O2. The van der Waals surface area contributed by atoms with Crippen molar-refractivity contribution in [3.63, 3.8) is 0 Å². The Kier molecular flexibility index (Phi) is 4.57. The molecule has 0 aromatic heterocycles. The van der Waals surface area contributed by atoms with Gasteiger partial charge in [-0.25, -0.2) is 0 Å². The van der Waals surface area contributed by atoms with Gasteiger partial charge < -0.3 is 5.32 Å². The van der Waals surface area contributed by atoms with Gasteiger partial charge in [0.05, 0.1) is 9.40 Å². The predicted molar refractivity (Wildman–Crippen MR) is 85.3 cm³/mol. The lowest BCUT2D eigenvalue weighted by atomic mass is 10.0. The quantitative estimate of drug-likeness (QED) is 0.667. The second-order valence-corrected chi connectivity index (χ2v) is 6.68. The first-order chi connectivity index (χ1) is 10.2. The van der Waals surface area contributed by atoms with Gasteiger partial charge in [0.25, 0.3) is 5.69 Å². The zero-order valence-electron chi connectivity index (χ0n) is 11.9. The first kappa shape index (κ1) is 14.9. The summed E-state index contributed by atoms with van der Waals surface area (Å²) in [6.45, 7) is 2.98. The summed E-state index contributed by atoms with van der Waals surface area (Å²) < 4.78 is 0.625. The zero-order valence-corrected chi connectivity index (χ0v) is 13.5. The van der Waals surface area contributed by atoms with Crippen LogP contribution < -0.4 is 5.32 Å². The highest BCUT2D eigenvalue weighted by Gasteiger charge is 2.33. The number of hydrogen-bond acceptors (Lipinski definition) is 4. The lowest BCUT2D eigenvalue weighted by molar-refractivity contribution is -0.385. The number of hydrogen-bond donors (Lipinski definition) is 1. The summed E-state index contributed by atoms with van der Waals surface area (Å²) in [5, 5.41) is 14.6. The van der Waals surface area contributed by atoms with E-state index < -0.39 is 0 Å². The molecule has 6 heteroatoms. The molecule has 1 aromatic rings. The van der Waals surface area contributed by atoms with E-state index in [4.69, 9.17) is 0 Å². The summed E-state index contributed by atoms with van der Waals surface area (Å²) in [5.74, 6) is 0. The molecule has 21 heavy (non-hydrogen) atoms. The van der Waals surface area contributed by atoms with Gasteiger partial charge in [0.15, 0.2) is 0 Å². The highest BCUT2D eigenvalue weighted by atomic mass is 79.9. The van der Waals surface area contributed by atoms with E-state index in [9.17, 15) is 10.1 Å². The summed E-state index contributed by atoms with van der Waals surface area (Å²) in [7, 11) is 0. The number of nitro benzene ring substituents is 1. The van der Waals surface area contributed by atoms with Crippen molar-refractivity contribution in [2.75, 3.05) is 13.1 Å². The molecule has 0 amide bonds. The summed E-state index contributed by atoms with van der Waals surface area (Å²) in [6.07, 6.45) is 4.95. The molecule has 3 rings (SSSR count). The van der Waals surface area contributed by atoms with Gasteiger partial charge >= 0.3 is 0 Å². The van der Waals surface area contributed by atoms with E-state index in [2.05, 4.69) is 26.1 Å². The third kappa shape index (κ3) is 3.12. The van der Waals surface area contributed by atoms with E-state index in [0.29, 0.717) is 16.6 Å². The Morgan fingerprint density at radius 1 is 1.38 bits per heavy atom. The molecule has 1 aromatic carbocycles. The van der Waals surface area contributed by atoms with Gasteiger partial charge in [-0.2, -0.15) is 0 Å². The van der Waals surface area contributed by atoms with Crippen molar-refractivity contribution in [2.24, 2.45) is 0 Å². The predicted octanol–water partition coefficient (Wildman–Crippen LogP) is 3.07. The van der Waals surface area contributed by atoms with Crippen LogP contribution in [0.4, 0.5) is 5.69 Å². The molecule has 2 heterocycles. The van der Waals surface area contributed by atoms with Gasteiger partial charge in [-0.05, 0) is 60.3 Å². The van der Waals surface area contributed by atoms with E-state index in [1.165, 1.54) is 25.7 Å². The second-order valence-electron chi connectivity index (χ2n) is 5.89. The van der Waals surface area contributed by atoms with Crippen LogP contribution in [0.25, 0.3) is 0 Å². The monoisotopic (exact) mass is 353 g/mol. The number of halogens is 1. The van der Waals surface area contributed by atoms with E-state index in [1.807, 2.05) is 6.07 Å². The molecule has 0 radical (unpaired) electrons. The first-order valence-corrected chi connectivity index (χ1v) is 8.35. The Balaban J connectivity index is 1.76. The fraction of sp³-hybridized carbons (Fsp3) is 0.600. The standard InChI is InChI=1S/C15H20BrN3O2/c16-15-11(4-1-6-14(15)19(20)21)10-18-9-3-7-13(18)12-5-2-8-17-12/h1,4,6,12-13,17H,2-3,5,7-10H2. The van der Waals surface area contributed by atoms with Crippen LogP contribution in [-0.2, 0) is 6.54 Å². The fourth-order valence-electron chi connectivity index (χ4n) is 3.59. The topological polar surface area (TPSA) is 58.4 Å². The molecule has 2 atom stereocenters. The van der Waals surface area contributed by atoms with Crippen molar-refractivity contribution in [3.05, 3.63) is 38.3 Å². The molecule has 2 saturated heterocycles. The Hall–Kier alpha value is -0.980. The van der Waals surface area contributed by atoms with E-state index >= 15 is 0 Å². The van der Waals surface area contributed by atoms with Gasteiger partial charge in [0.1, 0.15) is 0 Å². The Morgan fingerprint density at radius 2 is 2.24 bits per heavy atom. The smallest absolute Gasteiger partial charge is 0.283 e. The summed E-state index contributed by atoms with van der Waals surface area (Å²) >= 11 is 3.41. The molecule has 5 nitrogen and oxygen atoms in total. The molecule has 2 aliphatic rings. The van der Waals surface area contributed by atoms with Crippen LogP contribution >= 0.6 is 15.9 Å². The van der Waals surface area contributed by atoms with Gasteiger partial charge in [0, 0.05) is 24.7 Å². The summed E-state index contributed by atoms with van der Waals surface area (Å²) in [5.41, 5.74) is 1.16. The molecule has 2 unspecified atom stereocenters. The molecule has 0 bridgehead atoms. The largest absolute Gasteiger partial charge is 0.312 e. The van der Waals surface area contributed by atoms with E-state index in [1.54, 1.807) is 12.1 Å². The first-order valence-electron chi connectivity index (χ1n) is 7.56. The maximum atomic E-state index is 11.0. The minimum absolute atomic E-state index is 0.155. The Labute approximate surface area is 133 Å². The van der Waals surface area contributed by atoms with Gasteiger partial charge in [0.2, 0.25) is 0 Å². The van der Waals surface area contributed by atoms with Crippen LogP contribution in [0, 0.1) is 10.1 Å². The van der Waals surface area contributed by atoms with Crippen molar-refractivity contribution in [1.82, 2.24) is 10.2 Å². The number of nitrogens with zero attached hydrogens (tertiary/aromatic N) is 2. The number of rotatable bonds is 4. The lowest BCUT2D eigenvalue weighted by Gasteiger charge is -2.29. The third-order valence-corrected chi connectivity index (χ3v) is 5.52. The molecule has 0 saturated carbocycles. The minimum Gasteiger partial charge on any atom is -0.312 e. The van der Waals surface area contributed by atoms with Crippen LogP contribution in [0.3, 0.4) is 0 Å². The highest BCUT2D eigenvalue weighted by Crippen LogP contribution is 2.32. The van der Waals surface area contributed by atoms with Crippen molar-refractivity contribution >= 4 is 21.6 Å². The average molecular weight is 354 g/mol. The van der Waals surface area contributed by atoms with Crippen molar-refractivity contribution in [1.29, 1.82) is 0 Å². The molecule has 0 aliphatic carbocycles. The number of nitrogens with one attached hydrogen (secondary N) is 1. The van der Waals surface area contributed by atoms with Gasteiger partial charge in [-0.1, -0.05) is 12.1 Å². The minimum atomic E-state index is -0.326. The number of benzene rings is 1. The molecular weight excluding hydrogens is 334 g/mol. The Bertz CT molecular complexity index is 532. The summed E-state index contributed by atoms with van der Waals surface area (Å²) in [4.78, 5) is 13.2. The molecule has 1 N–H and O–H groups in total. The number of likely N-dealkylation sites (tertiary alicyclic amines) is 1. The molecule has 2 aliphatic heterocycles. The maximum absolute atomic E-state index is 11.0. The van der Waals surface area contributed by atoms with Crippen LogP contribution in [-0.4, -0.2) is 35.0 Å². The van der Waals surface area contributed by atoms with E-state index in [0.717, 1.165) is 25.2 Å². The summed E-state index contributed by atoms with van der Waals surface area (Å²) in [6, 6.07) is 6.46. The average Bonchev–Trinajstić information content (AvgIpc) is 3.11. The zero-order chi connectivity index (χ0) is 14.8. The fourth-order valence-corrected chi connectivity index (χ4v) is 4.13. The lowest BCUT2D eigenvalue weighted by Crippen LogP contribution is -2.43. The van der Waals surface area contributed by atoms with E-state index in [-0.39, 0.29) is 10.6 Å². The SMILES string of the molecule is O=[N+]([O-])c1cccc(CN2CCCC2C2CCCN2)c1Br. The van der Waals surface area contributed by atoms with Gasteiger partial charge in [-0.15, -0.1) is 0 Å². The molecule has 114 valence electrons. The van der Waals surface area contributed by atoms with Crippen molar-refractivity contribution < 1.29 is 4.92 Å². The Morgan fingerprint density at radius 3 is 2.95 bits per heavy atom. The van der Waals surface area contributed by atoms with Crippen molar-refractivity contribution in [2.45, 2.75) is 44.3 Å². The van der Waals surface area contributed by atoms with Crippen LogP contribution in [0.2, 0.25) is 0 Å². The van der Waals surface area contributed by atoms with Crippen molar-refractivity contribution in [3.8, 4) is 0 Å². The second kappa shape index (κ2) is 6.42. The van der Waals surface area contributed by atoms with Crippen LogP contribution in [0.1, 0.15) is 31.2 Å². The van der Waals surface area contributed by atoms with Crippen LogP contribution in [0.15, 0.2) is 22.7 Å². The van der Waals surface area contributed by atoms with Gasteiger partial charge in [-0.3, -0.25) is 15.0 Å². The molecule has 0 spiro atoms. The highest BCUT2D eigenvalue weighted by molar-refractivity contribution is 9.10.